The van der Waals surface area contributed by atoms with E-state index in [1.54, 1.807) is 18.2 Å². The minimum Gasteiger partial charge on any atom is -0.496 e. The van der Waals surface area contributed by atoms with E-state index in [1.807, 2.05) is 0 Å². The molecule has 0 aliphatic carbocycles. The average Bonchev–Trinajstić information content (AvgIpc) is 2.44. The summed E-state index contributed by atoms with van der Waals surface area (Å²) in [7, 11) is 2.92. The van der Waals surface area contributed by atoms with Crippen molar-refractivity contribution in [3.63, 3.8) is 0 Å². The summed E-state index contributed by atoms with van der Waals surface area (Å²) in [5.41, 5.74) is 6.00. The van der Waals surface area contributed by atoms with E-state index in [-0.39, 0.29) is 23.0 Å². The number of benzene rings is 1. The number of nitrogen functional groups attached to an aromatic ring is 1. The fourth-order valence-electron chi connectivity index (χ4n) is 2.07. The Balaban J connectivity index is 2.87. The van der Waals surface area contributed by atoms with Crippen LogP contribution < -0.4 is 15.2 Å². The monoisotopic (exact) mass is 290 g/mol. The molecule has 2 aromatic rings. The molecule has 0 bridgehead atoms. The molecule has 0 aliphatic rings. The van der Waals surface area contributed by atoms with E-state index in [2.05, 4.69) is 9.97 Å². The lowest BCUT2D eigenvalue weighted by atomic mass is 10.1. The summed E-state index contributed by atoms with van der Waals surface area (Å²) in [6.45, 7) is 1.50. The average molecular weight is 290 g/mol. The quantitative estimate of drug-likeness (QED) is 0.676. The summed E-state index contributed by atoms with van der Waals surface area (Å²) in [6.07, 6.45) is 0. The van der Waals surface area contributed by atoms with Gasteiger partial charge in [-0.2, -0.15) is 0 Å². The molecule has 8 heteroatoms. The first-order chi connectivity index (χ1) is 9.99. The van der Waals surface area contributed by atoms with Crippen LogP contribution in [0.4, 0.5) is 11.6 Å². The standard InChI is InChI=1S/C13H14N4O4/c1-7-12(17(18)19)11(16-13(14)15-7)10-8(20-2)5-4-6-9(10)21-3/h4-6H,1-3H3,(H2,14,15,16). The number of nitrogens with two attached hydrogens (primary N) is 1. The first kappa shape index (κ1) is 14.5. The van der Waals surface area contributed by atoms with Gasteiger partial charge in [0.2, 0.25) is 5.95 Å². The largest absolute Gasteiger partial charge is 0.496 e. The van der Waals surface area contributed by atoms with Crippen molar-refractivity contribution in [2.24, 2.45) is 0 Å². The summed E-state index contributed by atoms with van der Waals surface area (Å²) < 4.78 is 10.5. The minimum absolute atomic E-state index is 0.0546. The smallest absolute Gasteiger partial charge is 0.316 e. The zero-order valence-corrected chi connectivity index (χ0v) is 11.8. The molecule has 0 saturated carbocycles. The topological polar surface area (TPSA) is 113 Å². The molecule has 0 aliphatic heterocycles. The van der Waals surface area contributed by atoms with Gasteiger partial charge in [-0.3, -0.25) is 10.1 Å². The van der Waals surface area contributed by atoms with E-state index >= 15 is 0 Å². The Labute approximate surface area is 120 Å². The molecule has 2 rings (SSSR count). The Hall–Kier alpha value is -2.90. The molecule has 0 unspecified atom stereocenters. The van der Waals surface area contributed by atoms with Crippen molar-refractivity contribution in [2.45, 2.75) is 6.92 Å². The van der Waals surface area contributed by atoms with Gasteiger partial charge in [0.1, 0.15) is 17.2 Å². The Kier molecular flexibility index (Phi) is 3.88. The van der Waals surface area contributed by atoms with Crippen LogP contribution in [0.25, 0.3) is 11.3 Å². The molecule has 110 valence electrons. The van der Waals surface area contributed by atoms with E-state index in [1.165, 1.54) is 21.1 Å². The highest BCUT2D eigenvalue weighted by molar-refractivity contribution is 5.81. The third-order valence-electron chi connectivity index (χ3n) is 2.92. The maximum atomic E-state index is 11.3. The third-order valence-corrected chi connectivity index (χ3v) is 2.92. The van der Waals surface area contributed by atoms with Crippen molar-refractivity contribution >= 4 is 11.6 Å². The fraction of sp³-hybridized carbons (Fsp3) is 0.231. The van der Waals surface area contributed by atoms with Crippen LogP contribution >= 0.6 is 0 Å². The molecule has 2 N–H and O–H groups in total. The maximum absolute atomic E-state index is 11.3. The van der Waals surface area contributed by atoms with Gasteiger partial charge in [0, 0.05) is 0 Å². The number of rotatable bonds is 4. The molecule has 1 aromatic heterocycles. The summed E-state index contributed by atoms with van der Waals surface area (Å²) in [4.78, 5) is 18.6. The van der Waals surface area contributed by atoms with Gasteiger partial charge in [0.15, 0.2) is 5.69 Å². The number of hydrogen-bond acceptors (Lipinski definition) is 7. The lowest BCUT2D eigenvalue weighted by Crippen LogP contribution is -2.06. The van der Waals surface area contributed by atoms with E-state index in [9.17, 15) is 10.1 Å². The second-order valence-corrected chi connectivity index (χ2v) is 4.16. The maximum Gasteiger partial charge on any atom is 0.316 e. The van der Waals surface area contributed by atoms with E-state index in [0.717, 1.165) is 0 Å². The molecule has 0 atom stereocenters. The van der Waals surface area contributed by atoms with Crippen LogP contribution in [0.15, 0.2) is 18.2 Å². The van der Waals surface area contributed by atoms with Crippen LogP contribution in [0.1, 0.15) is 5.69 Å². The Bertz CT molecular complexity index is 681. The number of nitrogens with zero attached hydrogens (tertiary/aromatic N) is 3. The van der Waals surface area contributed by atoms with Gasteiger partial charge in [-0.05, 0) is 19.1 Å². The van der Waals surface area contributed by atoms with E-state index in [4.69, 9.17) is 15.2 Å². The van der Waals surface area contributed by atoms with Gasteiger partial charge < -0.3 is 15.2 Å². The predicted octanol–water partition coefficient (Wildman–Crippen LogP) is 1.96. The first-order valence-electron chi connectivity index (χ1n) is 5.99. The summed E-state index contributed by atoms with van der Waals surface area (Å²) in [5, 5.41) is 11.3. The summed E-state index contributed by atoms with van der Waals surface area (Å²) in [6, 6.07) is 5.04. The van der Waals surface area contributed by atoms with Crippen LogP contribution in [0.2, 0.25) is 0 Å². The van der Waals surface area contributed by atoms with Gasteiger partial charge in [-0.1, -0.05) is 6.07 Å². The molecule has 1 aromatic carbocycles. The Morgan fingerprint density at radius 3 is 2.24 bits per heavy atom. The number of aryl methyl sites for hydroxylation is 1. The van der Waals surface area contributed by atoms with Crippen molar-refractivity contribution in [3.8, 4) is 22.8 Å². The summed E-state index contributed by atoms with van der Waals surface area (Å²) >= 11 is 0. The zero-order valence-electron chi connectivity index (χ0n) is 11.8. The van der Waals surface area contributed by atoms with Gasteiger partial charge in [-0.15, -0.1) is 0 Å². The highest BCUT2D eigenvalue weighted by Gasteiger charge is 2.27. The number of nitro groups is 1. The number of aromatic nitrogens is 2. The van der Waals surface area contributed by atoms with Crippen LogP contribution in [-0.2, 0) is 0 Å². The van der Waals surface area contributed by atoms with Gasteiger partial charge >= 0.3 is 5.69 Å². The number of hydrogen-bond donors (Lipinski definition) is 1. The van der Waals surface area contributed by atoms with Crippen LogP contribution in [0.5, 0.6) is 11.5 Å². The van der Waals surface area contributed by atoms with Crippen molar-refractivity contribution in [1.82, 2.24) is 9.97 Å². The van der Waals surface area contributed by atoms with Crippen molar-refractivity contribution in [2.75, 3.05) is 20.0 Å². The van der Waals surface area contributed by atoms with Crippen LogP contribution in [0, 0.1) is 17.0 Å². The second-order valence-electron chi connectivity index (χ2n) is 4.16. The Morgan fingerprint density at radius 1 is 1.19 bits per heavy atom. The SMILES string of the molecule is COc1cccc(OC)c1-c1nc(N)nc(C)c1[N+](=O)[O-]. The number of methoxy groups -OCH3 is 2. The zero-order chi connectivity index (χ0) is 15.6. The lowest BCUT2D eigenvalue weighted by molar-refractivity contribution is -0.385. The van der Waals surface area contributed by atoms with Crippen LogP contribution in [-0.4, -0.2) is 29.1 Å². The number of anilines is 1. The molecule has 21 heavy (non-hydrogen) atoms. The van der Waals surface area contributed by atoms with Crippen LogP contribution in [0.3, 0.4) is 0 Å². The molecule has 1 heterocycles. The molecule has 0 radical (unpaired) electrons. The third kappa shape index (κ3) is 2.55. The number of ether oxygens (including phenoxy) is 2. The molecular weight excluding hydrogens is 276 g/mol. The van der Waals surface area contributed by atoms with E-state index < -0.39 is 4.92 Å². The van der Waals surface area contributed by atoms with Gasteiger partial charge in [-0.25, -0.2) is 9.97 Å². The predicted molar refractivity (Wildman–Crippen MR) is 76.4 cm³/mol. The molecular formula is C13H14N4O4. The minimum atomic E-state index is -0.546. The van der Waals surface area contributed by atoms with Gasteiger partial charge in [0.25, 0.3) is 0 Å². The van der Waals surface area contributed by atoms with Crippen molar-refractivity contribution in [1.29, 1.82) is 0 Å². The lowest BCUT2D eigenvalue weighted by Gasteiger charge is -2.13. The molecule has 0 amide bonds. The summed E-state index contributed by atoms with van der Waals surface area (Å²) in [5.74, 6) is 0.742. The highest BCUT2D eigenvalue weighted by atomic mass is 16.6. The Morgan fingerprint density at radius 2 is 1.76 bits per heavy atom. The van der Waals surface area contributed by atoms with Gasteiger partial charge in [0.05, 0.1) is 24.7 Å². The fourth-order valence-corrected chi connectivity index (χ4v) is 2.07. The van der Waals surface area contributed by atoms with E-state index in [0.29, 0.717) is 17.1 Å². The normalized spacial score (nSPS) is 10.2. The second kappa shape index (κ2) is 5.61. The van der Waals surface area contributed by atoms with Crippen molar-refractivity contribution in [3.05, 3.63) is 34.0 Å². The molecule has 0 fully saturated rings. The van der Waals surface area contributed by atoms with Crippen molar-refractivity contribution < 1.29 is 14.4 Å². The molecule has 8 nitrogen and oxygen atoms in total. The molecule has 0 saturated heterocycles. The molecule has 0 spiro atoms. The highest BCUT2D eigenvalue weighted by Crippen LogP contribution is 2.42. The first-order valence-corrected chi connectivity index (χ1v) is 5.99.